The van der Waals surface area contributed by atoms with E-state index in [1.165, 1.54) is 24.3 Å². The van der Waals surface area contributed by atoms with Crippen LogP contribution in [0, 0.1) is 39.2 Å². The average Bonchev–Trinajstić information content (AvgIpc) is 2.91. The molecule has 0 aromatic heterocycles. The number of esters is 1. The highest BCUT2D eigenvalue weighted by atomic mass is 19.2. The Morgan fingerprint density at radius 1 is 0.658 bits per heavy atom. The van der Waals surface area contributed by atoms with Gasteiger partial charge >= 0.3 is 5.97 Å². The number of rotatable bonds is 18. The van der Waals surface area contributed by atoms with Crippen LogP contribution >= 0.6 is 0 Å². The lowest BCUT2D eigenvalue weighted by molar-refractivity contribution is -0.384. The molecule has 0 radical (unpaired) electrons. The minimum Gasteiger partial charge on any atom is -0.491 e. The van der Waals surface area contributed by atoms with Crippen molar-refractivity contribution in [3.63, 3.8) is 0 Å². The van der Waals surface area contributed by atoms with E-state index in [1.807, 2.05) is 0 Å². The van der Waals surface area contributed by atoms with Gasteiger partial charge in [0.1, 0.15) is 12.4 Å². The molecule has 0 atom stereocenters. The van der Waals surface area contributed by atoms with Crippen molar-refractivity contribution in [2.24, 2.45) is 0 Å². The van der Waals surface area contributed by atoms with E-state index in [-0.39, 0.29) is 45.3 Å². The molecule has 0 bridgehead atoms. The molecular formula is C23H24F5NO9. The topological polar surface area (TPSA) is 116 Å². The standard InChI is InChI=1S/C23H24F5NO9/c24-18-19(25)21(27)23(22(28)20(18)26)38-17(30)5-6-33-7-8-34-9-10-35-11-12-36-13-14-37-16-3-1-15(2-4-16)29(31)32/h1-4H,5-14H2. The number of halogens is 5. The van der Waals surface area contributed by atoms with Gasteiger partial charge in [-0.15, -0.1) is 0 Å². The molecule has 38 heavy (non-hydrogen) atoms. The highest BCUT2D eigenvalue weighted by Crippen LogP contribution is 2.29. The third kappa shape index (κ3) is 10.2. The third-order valence-corrected chi connectivity index (χ3v) is 4.50. The lowest BCUT2D eigenvalue weighted by atomic mass is 10.2. The molecule has 0 saturated heterocycles. The summed E-state index contributed by atoms with van der Waals surface area (Å²) >= 11 is 0. The van der Waals surface area contributed by atoms with Gasteiger partial charge in [-0.2, -0.15) is 8.78 Å². The maximum atomic E-state index is 13.5. The summed E-state index contributed by atoms with van der Waals surface area (Å²) in [6, 6.07) is 5.67. The van der Waals surface area contributed by atoms with Crippen molar-refractivity contribution >= 4 is 11.7 Å². The molecule has 210 valence electrons. The van der Waals surface area contributed by atoms with Gasteiger partial charge in [-0.1, -0.05) is 0 Å². The second-order valence-corrected chi connectivity index (χ2v) is 7.17. The van der Waals surface area contributed by atoms with E-state index in [0.717, 1.165) is 0 Å². The average molecular weight is 553 g/mol. The monoisotopic (exact) mass is 553 g/mol. The second kappa shape index (κ2) is 16.4. The Morgan fingerprint density at radius 2 is 1.08 bits per heavy atom. The molecule has 0 N–H and O–H groups in total. The largest absolute Gasteiger partial charge is 0.491 e. The molecule has 10 nitrogen and oxygen atoms in total. The van der Waals surface area contributed by atoms with Crippen molar-refractivity contribution in [2.45, 2.75) is 6.42 Å². The highest BCUT2D eigenvalue weighted by Gasteiger charge is 2.28. The number of nitro benzene ring substituents is 1. The minimum atomic E-state index is -2.36. The van der Waals surface area contributed by atoms with Crippen molar-refractivity contribution in [1.82, 2.24) is 0 Å². The summed E-state index contributed by atoms with van der Waals surface area (Å²) < 4.78 is 96.7. The molecule has 0 saturated carbocycles. The molecule has 0 aliphatic carbocycles. The second-order valence-electron chi connectivity index (χ2n) is 7.17. The molecule has 2 aromatic rings. The quantitative estimate of drug-likeness (QED) is 0.0398. The van der Waals surface area contributed by atoms with Crippen LogP contribution < -0.4 is 9.47 Å². The maximum absolute atomic E-state index is 13.5. The van der Waals surface area contributed by atoms with Gasteiger partial charge in [0.05, 0.1) is 64.2 Å². The Bertz CT molecular complexity index is 1030. The molecule has 0 amide bonds. The number of nitro groups is 1. The lowest BCUT2D eigenvalue weighted by Gasteiger charge is -2.09. The van der Waals surface area contributed by atoms with Gasteiger partial charge in [0.15, 0.2) is 0 Å². The van der Waals surface area contributed by atoms with Crippen LogP contribution in [0.3, 0.4) is 0 Å². The van der Waals surface area contributed by atoms with E-state index in [1.54, 1.807) is 0 Å². The van der Waals surface area contributed by atoms with Crippen molar-refractivity contribution in [1.29, 1.82) is 0 Å². The highest BCUT2D eigenvalue weighted by molar-refractivity contribution is 5.72. The van der Waals surface area contributed by atoms with E-state index in [9.17, 15) is 36.9 Å². The van der Waals surface area contributed by atoms with Gasteiger partial charge < -0.3 is 28.4 Å². The maximum Gasteiger partial charge on any atom is 0.313 e. The van der Waals surface area contributed by atoms with E-state index in [0.29, 0.717) is 25.6 Å². The fourth-order valence-electron chi connectivity index (χ4n) is 2.64. The van der Waals surface area contributed by atoms with Crippen LogP contribution in [-0.4, -0.2) is 70.4 Å². The molecule has 2 rings (SSSR count). The Kier molecular flexibility index (Phi) is 13.3. The van der Waals surface area contributed by atoms with Gasteiger partial charge in [-0.25, -0.2) is 13.2 Å². The van der Waals surface area contributed by atoms with E-state index in [4.69, 9.17) is 23.7 Å². The van der Waals surface area contributed by atoms with Crippen LogP contribution in [0.1, 0.15) is 6.42 Å². The normalized spacial score (nSPS) is 11.0. The number of carbonyl (C=O) groups is 1. The molecule has 0 aliphatic heterocycles. The molecule has 0 aliphatic rings. The smallest absolute Gasteiger partial charge is 0.313 e. The molecule has 0 fully saturated rings. The summed E-state index contributed by atoms with van der Waals surface area (Å²) in [4.78, 5) is 21.7. The predicted molar refractivity (Wildman–Crippen MR) is 118 cm³/mol. The molecule has 2 aromatic carbocycles. The van der Waals surface area contributed by atoms with Crippen LogP contribution in [-0.2, 0) is 23.7 Å². The first-order valence-electron chi connectivity index (χ1n) is 11.1. The summed E-state index contributed by atoms with van der Waals surface area (Å²) in [5.41, 5.74) is -0.0270. The van der Waals surface area contributed by atoms with Crippen molar-refractivity contribution in [3.8, 4) is 11.5 Å². The molecule has 0 heterocycles. The Hall–Kier alpha value is -3.40. The summed E-state index contributed by atoms with van der Waals surface area (Å²) in [6.07, 6.45) is -0.498. The number of hydrogen-bond acceptors (Lipinski definition) is 9. The van der Waals surface area contributed by atoms with Crippen LogP contribution in [0.25, 0.3) is 0 Å². The number of hydrogen-bond donors (Lipinski definition) is 0. The van der Waals surface area contributed by atoms with Crippen LogP contribution in [0.5, 0.6) is 11.5 Å². The number of carbonyl (C=O) groups excluding carboxylic acids is 1. The summed E-state index contributed by atoms with van der Waals surface area (Å²) in [7, 11) is 0. The number of ether oxygens (including phenoxy) is 6. The van der Waals surface area contributed by atoms with E-state index in [2.05, 4.69) is 4.74 Å². The number of benzene rings is 2. The van der Waals surface area contributed by atoms with Crippen molar-refractivity contribution in [2.75, 3.05) is 59.5 Å². The van der Waals surface area contributed by atoms with Gasteiger partial charge in [-0.3, -0.25) is 14.9 Å². The fraction of sp³-hybridized carbons (Fsp3) is 0.435. The minimum absolute atomic E-state index is 0.0270. The molecular weight excluding hydrogens is 529 g/mol. The first-order chi connectivity index (χ1) is 18.2. The third-order valence-electron chi connectivity index (χ3n) is 4.50. The predicted octanol–water partition coefficient (Wildman–Crippen LogP) is 3.73. The number of non-ortho nitro benzene ring substituents is 1. The van der Waals surface area contributed by atoms with Gasteiger partial charge in [0, 0.05) is 12.1 Å². The van der Waals surface area contributed by atoms with Gasteiger partial charge in [0.2, 0.25) is 34.8 Å². The Labute approximate surface area is 213 Å². The van der Waals surface area contributed by atoms with Crippen molar-refractivity contribution in [3.05, 3.63) is 63.5 Å². The van der Waals surface area contributed by atoms with Gasteiger partial charge in [0.25, 0.3) is 5.69 Å². The van der Waals surface area contributed by atoms with Crippen molar-refractivity contribution < 1.29 is 60.1 Å². The first kappa shape index (κ1) is 30.8. The zero-order valence-corrected chi connectivity index (χ0v) is 19.9. The molecule has 0 unspecified atom stereocenters. The first-order valence-corrected chi connectivity index (χ1v) is 11.1. The lowest BCUT2D eigenvalue weighted by Crippen LogP contribution is -2.16. The Morgan fingerprint density at radius 3 is 1.55 bits per heavy atom. The Balaban J connectivity index is 1.41. The zero-order valence-electron chi connectivity index (χ0n) is 19.9. The number of nitrogens with zero attached hydrogens (tertiary/aromatic N) is 1. The van der Waals surface area contributed by atoms with Crippen LogP contribution in [0.2, 0.25) is 0 Å². The SMILES string of the molecule is O=C(CCOCCOCCOCCOCCOc1ccc([N+](=O)[O-])cc1)Oc1c(F)c(F)c(F)c(F)c1F. The van der Waals surface area contributed by atoms with Gasteiger partial charge in [-0.05, 0) is 12.1 Å². The molecule has 15 heteroatoms. The summed E-state index contributed by atoms with van der Waals surface area (Å²) in [5, 5.41) is 10.6. The fourth-order valence-corrected chi connectivity index (χ4v) is 2.64. The van der Waals surface area contributed by atoms with E-state index < -0.39 is 52.1 Å². The zero-order chi connectivity index (χ0) is 27.9. The molecule has 0 spiro atoms. The summed E-state index contributed by atoms with van der Waals surface area (Å²) in [6.45, 7) is 1.67. The van der Waals surface area contributed by atoms with Crippen LogP contribution in [0.4, 0.5) is 27.6 Å². The van der Waals surface area contributed by atoms with E-state index >= 15 is 0 Å². The summed E-state index contributed by atoms with van der Waals surface area (Å²) in [5.74, 6) is -13.7. The van der Waals surface area contributed by atoms with Crippen LogP contribution in [0.15, 0.2) is 24.3 Å².